The monoisotopic (exact) mass is 138 g/mol. The van der Waals surface area contributed by atoms with Crippen LogP contribution in [0.1, 0.15) is 5.69 Å². The first-order chi connectivity index (χ1) is 4.72. The highest BCUT2D eigenvalue weighted by Gasteiger charge is 2.03. The van der Waals surface area contributed by atoms with Crippen LogP contribution in [0.15, 0.2) is 12.4 Å². The van der Waals surface area contributed by atoms with Crippen LogP contribution in [0.3, 0.4) is 0 Å². The normalized spacial score (nSPS) is 9.20. The fourth-order valence-corrected chi connectivity index (χ4v) is 0.521. The first kappa shape index (κ1) is 6.47. The van der Waals surface area contributed by atoms with Crippen LogP contribution in [-0.2, 0) is 0 Å². The third-order valence-corrected chi connectivity index (χ3v) is 0.934. The van der Waals surface area contributed by atoms with Crippen molar-refractivity contribution in [3.8, 4) is 5.88 Å². The van der Waals surface area contributed by atoms with Crippen molar-refractivity contribution in [2.45, 2.75) is 0 Å². The average molecular weight is 138 g/mol. The highest BCUT2D eigenvalue weighted by atomic mass is 16.3. The van der Waals surface area contributed by atoms with Crippen molar-refractivity contribution in [2.24, 2.45) is 5.73 Å². The molecule has 1 aromatic heterocycles. The third-order valence-electron chi connectivity index (χ3n) is 0.934. The summed E-state index contributed by atoms with van der Waals surface area (Å²) in [5, 5.41) is 15.8. The number of aromatic hydroxyl groups is 1. The molecular weight excluding hydrogens is 132 g/mol. The molecule has 4 N–H and O–H groups in total. The molecule has 0 fully saturated rings. The van der Waals surface area contributed by atoms with Crippen LogP contribution < -0.4 is 5.73 Å². The number of hydrogen-bond donors (Lipinski definition) is 3. The number of nitrogens with one attached hydrogen (secondary N) is 1. The zero-order valence-electron chi connectivity index (χ0n) is 5.07. The van der Waals surface area contributed by atoms with Crippen LogP contribution in [0.4, 0.5) is 0 Å². The average Bonchev–Trinajstić information content (AvgIpc) is 1.88. The molecule has 0 aliphatic rings. The van der Waals surface area contributed by atoms with Gasteiger partial charge in [-0.1, -0.05) is 0 Å². The first-order valence-corrected chi connectivity index (χ1v) is 2.56. The van der Waals surface area contributed by atoms with E-state index < -0.39 is 0 Å². The Kier molecular flexibility index (Phi) is 1.49. The molecular formula is C5H6N4O. The van der Waals surface area contributed by atoms with Crippen molar-refractivity contribution in [1.29, 1.82) is 5.41 Å². The van der Waals surface area contributed by atoms with Gasteiger partial charge in [0, 0.05) is 12.4 Å². The Morgan fingerprint density at radius 3 is 2.50 bits per heavy atom. The van der Waals surface area contributed by atoms with E-state index in [1.807, 2.05) is 0 Å². The number of nitrogens with two attached hydrogens (primary N) is 1. The maximum atomic E-state index is 8.89. The molecule has 0 saturated heterocycles. The zero-order valence-corrected chi connectivity index (χ0v) is 5.07. The molecule has 1 rings (SSSR count). The van der Waals surface area contributed by atoms with Gasteiger partial charge in [-0.15, -0.1) is 0 Å². The molecule has 0 amide bonds. The molecule has 5 nitrogen and oxygen atoms in total. The lowest BCUT2D eigenvalue weighted by Crippen LogP contribution is -2.13. The Balaban J connectivity index is 3.15. The van der Waals surface area contributed by atoms with E-state index in [4.69, 9.17) is 16.2 Å². The topological polar surface area (TPSA) is 95.9 Å². The summed E-state index contributed by atoms with van der Waals surface area (Å²) >= 11 is 0. The van der Waals surface area contributed by atoms with Crippen molar-refractivity contribution in [3.05, 3.63) is 18.1 Å². The summed E-state index contributed by atoms with van der Waals surface area (Å²) in [5.74, 6) is -0.597. The van der Waals surface area contributed by atoms with E-state index in [2.05, 4.69) is 9.97 Å². The molecule has 0 radical (unpaired) electrons. The molecule has 0 aromatic carbocycles. The summed E-state index contributed by atoms with van der Waals surface area (Å²) in [7, 11) is 0. The van der Waals surface area contributed by atoms with E-state index in [1.165, 1.54) is 12.4 Å². The number of nitrogens with zero attached hydrogens (tertiary/aromatic N) is 2. The second-order valence-electron chi connectivity index (χ2n) is 1.64. The highest BCUT2D eigenvalue weighted by molar-refractivity contribution is 5.94. The minimum absolute atomic E-state index is 0.0162. The summed E-state index contributed by atoms with van der Waals surface area (Å²) in [5.41, 5.74) is 5.05. The van der Waals surface area contributed by atoms with Crippen molar-refractivity contribution in [1.82, 2.24) is 9.97 Å². The summed E-state index contributed by atoms with van der Waals surface area (Å²) < 4.78 is 0. The molecule has 0 aliphatic carbocycles. The van der Waals surface area contributed by atoms with E-state index in [0.29, 0.717) is 0 Å². The Hall–Kier alpha value is -1.65. The Morgan fingerprint density at radius 1 is 1.50 bits per heavy atom. The number of hydrogen-bond acceptors (Lipinski definition) is 4. The Morgan fingerprint density at radius 2 is 2.10 bits per heavy atom. The van der Waals surface area contributed by atoms with E-state index in [9.17, 15) is 0 Å². The second-order valence-corrected chi connectivity index (χ2v) is 1.64. The predicted molar refractivity (Wildman–Crippen MR) is 34.7 cm³/mol. The Labute approximate surface area is 57.1 Å². The largest absolute Gasteiger partial charge is 0.492 e. The van der Waals surface area contributed by atoms with Gasteiger partial charge in [0.25, 0.3) is 0 Å². The zero-order chi connectivity index (χ0) is 7.56. The lowest BCUT2D eigenvalue weighted by molar-refractivity contribution is 0.449. The van der Waals surface area contributed by atoms with Gasteiger partial charge in [-0.25, -0.2) is 9.97 Å². The lowest BCUT2D eigenvalue weighted by atomic mass is 10.4. The van der Waals surface area contributed by atoms with Crippen molar-refractivity contribution in [3.63, 3.8) is 0 Å². The molecule has 5 heteroatoms. The predicted octanol–water partition coefficient (Wildman–Crippen LogP) is -0.534. The quantitative estimate of drug-likeness (QED) is 0.359. The molecule has 1 heterocycles. The third kappa shape index (κ3) is 1.02. The minimum Gasteiger partial charge on any atom is -0.492 e. The van der Waals surface area contributed by atoms with Crippen molar-refractivity contribution in [2.75, 3.05) is 0 Å². The number of rotatable bonds is 1. The highest BCUT2D eigenvalue weighted by Crippen LogP contribution is 2.05. The molecule has 10 heavy (non-hydrogen) atoms. The van der Waals surface area contributed by atoms with E-state index >= 15 is 0 Å². The number of nitrogen functional groups attached to an aromatic ring is 1. The lowest BCUT2D eigenvalue weighted by Gasteiger charge is -1.96. The van der Waals surface area contributed by atoms with Gasteiger partial charge in [-0.2, -0.15) is 0 Å². The second kappa shape index (κ2) is 2.30. The summed E-state index contributed by atoms with van der Waals surface area (Å²) in [6.45, 7) is 0. The summed E-state index contributed by atoms with van der Waals surface area (Å²) in [4.78, 5) is 7.09. The van der Waals surface area contributed by atoms with E-state index in [-0.39, 0.29) is 17.4 Å². The standard InChI is InChI=1S/C5H6N4O/c6-4(7)3-5(10)9-2-1-8-3/h1-2H,(H3,6,7)(H,9,10). The van der Waals surface area contributed by atoms with Crippen LogP contribution >= 0.6 is 0 Å². The van der Waals surface area contributed by atoms with Gasteiger partial charge in [-0.05, 0) is 0 Å². The van der Waals surface area contributed by atoms with Gasteiger partial charge in [-0.3, -0.25) is 5.41 Å². The first-order valence-electron chi connectivity index (χ1n) is 2.56. The smallest absolute Gasteiger partial charge is 0.241 e. The molecule has 0 unspecified atom stereocenters. The SMILES string of the molecule is N=C(N)c1nccnc1O. The number of amidine groups is 1. The number of aromatic nitrogens is 2. The van der Waals surface area contributed by atoms with Gasteiger partial charge in [0.1, 0.15) is 5.84 Å². The van der Waals surface area contributed by atoms with Crippen LogP contribution in [-0.4, -0.2) is 20.9 Å². The molecule has 0 aliphatic heterocycles. The molecule has 52 valence electrons. The van der Waals surface area contributed by atoms with Gasteiger partial charge in [0.15, 0.2) is 5.69 Å². The van der Waals surface area contributed by atoms with E-state index in [1.54, 1.807) is 0 Å². The van der Waals surface area contributed by atoms with Crippen molar-refractivity contribution < 1.29 is 5.11 Å². The van der Waals surface area contributed by atoms with Gasteiger partial charge in [0.2, 0.25) is 5.88 Å². The van der Waals surface area contributed by atoms with Gasteiger partial charge in [0.05, 0.1) is 0 Å². The maximum absolute atomic E-state index is 8.89. The van der Waals surface area contributed by atoms with Crippen LogP contribution in [0.2, 0.25) is 0 Å². The van der Waals surface area contributed by atoms with Gasteiger partial charge >= 0.3 is 0 Å². The minimum atomic E-state index is -0.310. The molecule has 0 bridgehead atoms. The van der Waals surface area contributed by atoms with Crippen molar-refractivity contribution >= 4 is 5.84 Å². The fraction of sp³-hybridized carbons (Fsp3) is 0. The molecule has 0 spiro atoms. The summed E-state index contributed by atoms with van der Waals surface area (Å²) in [6, 6.07) is 0. The van der Waals surface area contributed by atoms with E-state index in [0.717, 1.165) is 0 Å². The van der Waals surface area contributed by atoms with Crippen LogP contribution in [0.25, 0.3) is 0 Å². The Bertz CT molecular complexity index is 260. The van der Waals surface area contributed by atoms with Crippen LogP contribution in [0, 0.1) is 5.41 Å². The van der Waals surface area contributed by atoms with Crippen LogP contribution in [0.5, 0.6) is 5.88 Å². The summed E-state index contributed by atoms with van der Waals surface area (Å²) in [6.07, 6.45) is 2.68. The molecule has 1 aromatic rings. The maximum Gasteiger partial charge on any atom is 0.241 e. The van der Waals surface area contributed by atoms with Gasteiger partial charge < -0.3 is 10.8 Å². The molecule has 0 atom stereocenters. The molecule has 0 saturated carbocycles. The fourth-order valence-electron chi connectivity index (χ4n) is 0.521.